The van der Waals surface area contributed by atoms with Gasteiger partial charge in [-0.1, -0.05) is 62.1 Å². The zero-order chi connectivity index (χ0) is 25.3. The van der Waals surface area contributed by atoms with Gasteiger partial charge in [0.25, 0.3) is 0 Å². The molecule has 4 aromatic rings. The van der Waals surface area contributed by atoms with Crippen molar-refractivity contribution >= 4 is 33.7 Å². The third kappa shape index (κ3) is 6.27. The molecule has 0 aliphatic rings. The van der Waals surface area contributed by atoms with Crippen molar-refractivity contribution in [2.75, 3.05) is 13.2 Å². The number of nitrogens with zero attached hydrogens (tertiary/aromatic N) is 2. The van der Waals surface area contributed by atoms with Crippen molar-refractivity contribution in [2.24, 2.45) is 0 Å². The number of benzene rings is 2. The molecule has 0 bridgehead atoms. The van der Waals surface area contributed by atoms with Crippen LogP contribution < -0.4 is 9.47 Å². The summed E-state index contributed by atoms with van der Waals surface area (Å²) in [5, 5.41) is 20.1. The zero-order valence-corrected chi connectivity index (χ0v) is 19.9. The molecular weight excluding hydrogens is 460 g/mol. The molecular formula is C28H28N2O6. The molecule has 0 radical (unpaired) electrons. The van der Waals surface area contributed by atoms with Gasteiger partial charge in [-0.15, -0.1) is 0 Å². The van der Waals surface area contributed by atoms with Crippen molar-refractivity contribution in [1.82, 2.24) is 9.97 Å². The van der Waals surface area contributed by atoms with Gasteiger partial charge in [0.1, 0.15) is 33.9 Å². The monoisotopic (exact) mass is 488 g/mol. The number of pyridine rings is 2. The van der Waals surface area contributed by atoms with Crippen LogP contribution in [0.15, 0.2) is 60.7 Å². The van der Waals surface area contributed by atoms with Crippen LogP contribution in [0.3, 0.4) is 0 Å². The molecule has 0 aliphatic carbocycles. The van der Waals surface area contributed by atoms with Gasteiger partial charge in [-0.25, -0.2) is 19.6 Å². The second kappa shape index (κ2) is 12.0. The van der Waals surface area contributed by atoms with Crippen molar-refractivity contribution in [1.29, 1.82) is 0 Å². The number of para-hydroxylation sites is 2. The summed E-state index contributed by atoms with van der Waals surface area (Å²) < 4.78 is 11.8. The van der Waals surface area contributed by atoms with Crippen LogP contribution >= 0.6 is 0 Å². The molecule has 2 aromatic heterocycles. The highest BCUT2D eigenvalue weighted by atomic mass is 16.5. The molecule has 0 saturated heterocycles. The maximum atomic E-state index is 11.2. The molecule has 0 spiro atoms. The molecule has 0 atom stereocenters. The van der Waals surface area contributed by atoms with Gasteiger partial charge in [0.05, 0.1) is 13.2 Å². The minimum atomic E-state index is -1.06. The largest absolute Gasteiger partial charge is 0.491 e. The number of carboxylic acid groups (broad SMARTS) is 2. The summed E-state index contributed by atoms with van der Waals surface area (Å²) in [5.74, 6) is -0.909. The average Bonchev–Trinajstić information content (AvgIpc) is 2.89. The molecule has 4 rings (SSSR count). The van der Waals surface area contributed by atoms with Gasteiger partial charge < -0.3 is 19.7 Å². The highest BCUT2D eigenvalue weighted by molar-refractivity contribution is 5.92. The third-order valence-electron chi connectivity index (χ3n) is 5.86. The van der Waals surface area contributed by atoms with E-state index in [1.165, 1.54) is 12.1 Å². The number of rotatable bonds is 13. The SMILES string of the molecule is O=C(O)c1ccc2cccc(OCCCCCCCCOc3cccc4ccc(C(=O)O)nc34)c2n1. The molecule has 186 valence electrons. The molecule has 0 unspecified atom stereocenters. The number of aromatic nitrogens is 2. The van der Waals surface area contributed by atoms with Gasteiger partial charge in [0.15, 0.2) is 0 Å². The lowest BCUT2D eigenvalue weighted by atomic mass is 10.1. The van der Waals surface area contributed by atoms with Gasteiger partial charge in [-0.2, -0.15) is 0 Å². The molecule has 0 aliphatic heterocycles. The molecule has 2 heterocycles. The first-order valence-corrected chi connectivity index (χ1v) is 12.0. The highest BCUT2D eigenvalue weighted by Crippen LogP contribution is 2.25. The van der Waals surface area contributed by atoms with E-state index < -0.39 is 11.9 Å². The molecule has 8 nitrogen and oxygen atoms in total. The van der Waals surface area contributed by atoms with Crippen LogP contribution in [0.25, 0.3) is 21.8 Å². The standard InChI is InChI=1S/C28H28N2O6/c31-27(32)21-15-13-19-9-7-11-23(25(19)29-21)35-17-5-3-1-2-4-6-18-36-24-12-8-10-20-14-16-22(28(33)34)30-26(20)24/h7-16H,1-6,17-18H2,(H,31,32)(H,33,34). The minimum absolute atomic E-state index is 0.00394. The van der Waals surface area contributed by atoms with Crippen LogP contribution in [0.2, 0.25) is 0 Å². The fraction of sp³-hybridized carbons (Fsp3) is 0.286. The van der Waals surface area contributed by atoms with Crippen molar-refractivity contribution in [3.05, 3.63) is 72.1 Å². The summed E-state index contributed by atoms with van der Waals surface area (Å²) in [6.45, 7) is 1.10. The topological polar surface area (TPSA) is 119 Å². The average molecular weight is 489 g/mol. The first kappa shape index (κ1) is 24.9. The third-order valence-corrected chi connectivity index (χ3v) is 5.86. The normalized spacial score (nSPS) is 11.0. The summed E-state index contributed by atoms with van der Waals surface area (Å²) >= 11 is 0. The smallest absolute Gasteiger partial charge is 0.354 e. The van der Waals surface area contributed by atoms with E-state index in [-0.39, 0.29) is 11.4 Å². The maximum absolute atomic E-state index is 11.2. The van der Waals surface area contributed by atoms with Gasteiger partial charge in [0.2, 0.25) is 0 Å². The Morgan fingerprint density at radius 3 is 1.42 bits per heavy atom. The van der Waals surface area contributed by atoms with Crippen molar-refractivity contribution < 1.29 is 29.3 Å². The molecule has 0 fully saturated rings. The predicted octanol–water partition coefficient (Wildman–Crippen LogP) is 5.98. The fourth-order valence-electron chi connectivity index (χ4n) is 3.99. The van der Waals surface area contributed by atoms with E-state index in [2.05, 4.69) is 9.97 Å². The summed E-state index contributed by atoms with van der Waals surface area (Å²) in [6.07, 6.45) is 6.03. The van der Waals surface area contributed by atoms with Crippen LogP contribution in [-0.4, -0.2) is 45.3 Å². The number of hydrogen-bond acceptors (Lipinski definition) is 6. The van der Waals surface area contributed by atoms with E-state index in [1.54, 1.807) is 12.1 Å². The van der Waals surface area contributed by atoms with Crippen molar-refractivity contribution in [3.8, 4) is 11.5 Å². The second-order valence-corrected chi connectivity index (χ2v) is 8.48. The van der Waals surface area contributed by atoms with E-state index in [0.717, 1.165) is 49.3 Å². The van der Waals surface area contributed by atoms with Crippen molar-refractivity contribution in [2.45, 2.75) is 38.5 Å². The predicted molar refractivity (Wildman–Crippen MR) is 136 cm³/mol. The molecule has 36 heavy (non-hydrogen) atoms. The molecule has 8 heteroatoms. The Hall–Kier alpha value is -4.20. The Balaban J connectivity index is 1.14. The maximum Gasteiger partial charge on any atom is 0.354 e. The van der Waals surface area contributed by atoms with Gasteiger partial charge >= 0.3 is 11.9 Å². The van der Waals surface area contributed by atoms with E-state index in [9.17, 15) is 19.8 Å². The van der Waals surface area contributed by atoms with Gasteiger partial charge in [-0.05, 0) is 37.1 Å². The minimum Gasteiger partial charge on any atom is -0.491 e. The summed E-state index contributed by atoms with van der Waals surface area (Å²) in [6, 6.07) is 17.6. The van der Waals surface area contributed by atoms with Gasteiger partial charge in [0, 0.05) is 10.8 Å². The fourth-order valence-corrected chi connectivity index (χ4v) is 3.99. The Labute approximate surface area is 208 Å². The Bertz CT molecular complexity index is 1270. The number of ether oxygens (including phenoxy) is 2. The number of fused-ring (bicyclic) bond motifs is 2. The van der Waals surface area contributed by atoms with Crippen LogP contribution in [-0.2, 0) is 0 Å². The van der Waals surface area contributed by atoms with Crippen LogP contribution in [0, 0.1) is 0 Å². The Morgan fingerprint density at radius 1 is 0.583 bits per heavy atom. The van der Waals surface area contributed by atoms with E-state index in [1.807, 2.05) is 36.4 Å². The van der Waals surface area contributed by atoms with E-state index >= 15 is 0 Å². The highest BCUT2D eigenvalue weighted by Gasteiger charge is 2.10. The van der Waals surface area contributed by atoms with Crippen molar-refractivity contribution in [3.63, 3.8) is 0 Å². The first-order chi connectivity index (χ1) is 17.5. The lowest BCUT2D eigenvalue weighted by Gasteiger charge is -2.10. The first-order valence-electron chi connectivity index (χ1n) is 12.0. The number of hydrogen-bond donors (Lipinski definition) is 2. The molecule has 2 N–H and O–H groups in total. The van der Waals surface area contributed by atoms with E-state index in [0.29, 0.717) is 35.7 Å². The second-order valence-electron chi connectivity index (χ2n) is 8.48. The number of carbonyl (C=O) groups is 2. The molecule has 0 amide bonds. The van der Waals surface area contributed by atoms with Crippen LogP contribution in [0.5, 0.6) is 11.5 Å². The Morgan fingerprint density at radius 2 is 1.00 bits per heavy atom. The lowest BCUT2D eigenvalue weighted by molar-refractivity contribution is 0.0680. The number of carboxylic acids is 2. The van der Waals surface area contributed by atoms with Gasteiger partial charge in [-0.3, -0.25) is 0 Å². The molecule has 2 aromatic carbocycles. The summed E-state index contributed by atoms with van der Waals surface area (Å²) in [4.78, 5) is 30.8. The summed E-state index contributed by atoms with van der Waals surface area (Å²) in [5.41, 5.74) is 1.14. The number of unbranched alkanes of at least 4 members (excludes halogenated alkanes) is 5. The summed E-state index contributed by atoms with van der Waals surface area (Å²) in [7, 11) is 0. The van der Waals surface area contributed by atoms with Crippen LogP contribution in [0.4, 0.5) is 0 Å². The lowest BCUT2D eigenvalue weighted by Crippen LogP contribution is -2.03. The number of aromatic carboxylic acids is 2. The zero-order valence-electron chi connectivity index (χ0n) is 19.9. The quantitative estimate of drug-likeness (QED) is 0.221. The molecule has 0 saturated carbocycles. The Kier molecular flexibility index (Phi) is 8.28. The van der Waals surface area contributed by atoms with Crippen LogP contribution in [0.1, 0.15) is 59.5 Å². The van der Waals surface area contributed by atoms with E-state index in [4.69, 9.17) is 9.47 Å².